The van der Waals surface area contributed by atoms with Crippen molar-refractivity contribution in [3.8, 4) is 11.4 Å². The number of hydrogen-bond acceptors (Lipinski definition) is 6. The number of amides is 1. The normalized spacial score (nSPS) is 23.6. The van der Waals surface area contributed by atoms with Gasteiger partial charge >= 0.3 is 0 Å². The fourth-order valence-electron chi connectivity index (χ4n) is 4.20. The molecule has 2 bridgehead atoms. The number of carbonyl (C=O) groups excluding carboxylic acids is 1. The predicted molar refractivity (Wildman–Crippen MR) is 104 cm³/mol. The minimum absolute atomic E-state index is 0. The van der Waals surface area contributed by atoms with E-state index in [9.17, 15) is 4.79 Å². The van der Waals surface area contributed by atoms with Crippen LogP contribution in [0.1, 0.15) is 37.9 Å². The number of nitrogens with zero attached hydrogens (tertiary/aromatic N) is 4. The lowest BCUT2D eigenvalue weighted by atomic mass is 9.89. The van der Waals surface area contributed by atoms with Gasteiger partial charge < -0.3 is 15.4 Å². The third-order valence-electron chi connectivity index (χ3n) is 5.36. The van der Waals surface area contributed by atoms with E-state index in [2.05, 4.69) is 26.2 Å². The number of halogens is 1. The van der Waals surface area contributed by atoms with Crippen molar-refractivity contribution >= 4 is 24.0 Å². The quantitative estimate of drug-likeness (QED) is 0.810. The van der Waals surface area contributed by atoms with E-state index in [-0.39, 0.29) is 18.3 Å². The molecule has 2 fully saturated rings. The van der Waals surface area contributed by atoms with Gasteiger partial charge in [-0.15, -0.1) is 17.5 Å². The van der Waals surface area contributed by atoms with Crippen molar-refractivity contribution in [2.24, 2.45) is 5.92 Å². The van der Waals surface area contributed by atoms with Gasteiger partial charge in [0.1, 0.15) is 11.4 Å². The zero-order valence-electron chi connectivity index (χ0n) is 15.5. The van der Waals surface area contributed by atoms with Gasteiger partial charge in [-0.1, -0.05) is 0 Å². The van der Waals surface area contributed by atoms with Gasteiger partial charge in [0.15, 0.2) is 5.82 Å². The van der Waals surface area contributed by atoms with E-state index in [1.807, 2.05) is 25.1 Å². The Morgan fingerprint density at radius 1 is 1.33 bits per heavy atom. The van der Waals surface area contributed by atoms with Crippen LogP contribution >= 0.6 is 12.4 Å². The Kier molecular flexibility index (Phi) is 5.96. The fourth-order valence-corrected chi connectivity index (χ4v) is 4.20. The summed E-state index contributed by atoms with van der Waals surface area (Å²) in [4.78, 5) is 12.5. The Morgan fingerprint density at radius 2 is 2.07 bits per heavy atom. The summed E-state index contributed by atoms with van der Waals surface area (Å²) in [5.74, 6) is 1.82. The van der Waals surface area contributed by atoms with Gasteiger partial charge in [0.25, 0.3) is 0 Å². The molecule has 2 unspecified atom stereocenters. The lowest BCUT2D eigenvalue weighted by molar-refractivity contribution is -0.117. The van der Waals surface area contributed by atoms with Crippen LogP contribution in [0.25, 0.3) is 5.69 Å². The second kappa shape index (κ2) is 8.22. The number of methoxy groups -OCH3 is 1. The lowest BCUT2D eigenvalue weighted by Gasteiger charge is -2.28. The number of fused-ring (bicyclic) bond motifs is 2. The van der Waals surface area contributed by atoms with Crippen LogP contribution in [-0.4, -0.2) is 45.3 Å². The van der Waals surface area contributed by atoms with Gasteiger partial charge in [0.05, 0.1) is 7.11 Å². The number of aryl methyl sites for hydroxylation is 1. The first-order valence-corrected chi connectivity index (χ1v) is 9.11. The first-order chi connectivity index (χ1) is 12.6. The van der Waals surface area contributed by atoms with Crippen LogP contribution in [0.2, 0.25) is 0 Å². The molecule has 2 atom stereocenters. The average Bonchev–Trinajstić information content (AvgIpc) is 3.19. The van der Waals surface area contributed by atoms with E-state index in [1.165, 1.54) is 12.8 Å². The van der Waals surface area contributed by atoms with E-state index in [0.717, 1.165) is 18.5 Å². The summed E-state index contributed by atoms with van der Waals surface area (Å²) < 4.78 is 7.00. The second-order valence-corrected chi connectivity index (χ2v) is 7.25. The van der Waals surface area contributed by atoms with E-state index >= 15 is 0 Å². The number of anilines is 1. The van der Waals surface area contributed by atoms with Gasteiger partial charge in [-0.05, 0) is 67.2 Å². The molecule has 0 saturated carbocycles. The van der Waals surface area contributed by atoms with Crippen molar-refractivity contribution in [1.29, 1.82) is 0 Å². The molecule has 2 aliphatic heterocycles. The Bertz CT molecular complexity index is 799. The van der Waals surface area contributed by atoms with Crippen molar-refractivity contribution in [2.45, 2.75) is 51.1 Å². The highest BCUT2D eigenvalue weighted by atomic mass is 35.5. The summed E-state index contributed by atoms with van der Waals surface area (Å²) >= 11 is 0. The Morgan fingerprint density at radius 3 is 2.70 bits per heavy atom. The second-order valence-electron chi connectivity index (χ2n) is 7.25. The number of rotatable bonds is 5. The van der Waals surface area contributed by atoms with Crippen molar-refractivity contribution < 1.29 is 9.53 Å². The summed E-state index contributed by atoms with van der Waals surface area (Å²) in [7, 11) is 1.60. The van der Waals surface area contributed by atoms with Gasteiger partial charge in [0.2, 0.25) is 5.91 Å². The maximum absolute atomic E-state index is 12.5. The van der Waals surface area contributed by atoms with Crippen molar-refractivity contribution in [3.63, 3.8) is 0 Å². The SMILES string of the molecule is COc1ccc(NC(=O)CC2CC3CCC(C2)N3)cc1-n1nnnc1C.Cl. The molecule has 1 aromatic heterocycles. The van der Waals surface area contributed by atoms with Crippen LogP contribution in [0.4, 0.5) is 5.69 Å². The highest BCUT2D eigenvalue weighted by molar-refractivity contribution is 5.91. The zero-order chi connectivity index (χ0) is 18.1. The molecule has 1 amide bonds. The standard InChI is InChI=1S/C18H24N6O2.ClH/c1-11-21-22-23-24(11)16-10-15(5-6-17(16)26-2)20-18(25)9-12-7-13-3-4-14(8-12)19-13;/h5-6,10,12-14,19H,3-4,7-9H2,1-2H3,(H,20,25);1H. The minimum atomic E-state index is 0. The molecule has 0 radical (unpaired) electrons. The molecule has 3 heterocycles. The van der Waals surface area contributed by atoms with Crippen LogP contribution < -0.4 is 15.4 Å². The Hall–Kier alpha value is -2.19. The third-order valence-corrected chi connectivity index (χ3v) is 5.36. The highest BCUT2D eigenvalue weighted by Crippen LogP contribution is 2.33. The van der Waals surface area contributed by atoms with Crippen molar-refractivity contribution in [3.05, 3.63) is 24.0 Å². The number of carbonyl (C=O) groups is 1. The number of aromatic nitrogens is 4. The monoisotopic (exact) mass is 392 g/mol. The molecule has 2 aliphatic rings. The summed E-state index contributed by atoms with van der Waals surface area (Å²) in [6, 6.07) is 6.69. The van der Waals surface area contributed by atoms with Crippen LogP contribution in [0, 0.1) is 12.8 Å². The zero-order valence-corrected chi connectivity index (χ0v) is 16.3. The van der Waals surface area contributed by atoms with E-state index < -0.39 is 0 Å². The van der Waals surface area contributed by atoms with Gasteiger partial charge in [-0.3, -0.25) is 4.79 Å². The van der Waals surface area contributed by atoms with Crippen molar-refractivity contribution in [2.75, 3.05) is 12.4 Å². The maximum atomic E-state index is 12.5. The summed E-state index contributed by atoms with van der Waals surface area (Å²) in [5, 5.41) is 18.2. The van der Waals surface area contributed by atoms with E-state index in [1.54, 1.807) is 11.8 Å². The highest BCUT2D eigenvalue weighted by Gasteiger charge is 2.34. The van der Waals surface area contributed by atoms with Crippen LogP contribution in [0.15, 0.2) is 18.2 Å². The molecule has 2 saturated heterocycles. The summed E-state index contributed by atoms with van der Waals surface area (Å²) in [6.45, 7) is 1.82. The molecule has 1 aromatic carbocycles. The van der Waals surface area contributed by atoms with Gasteiger partial charge in [-0.25, -0.2) is 0 Å². The molecular weight excluding hydrogens is 368 g/mol. The molecule has 2 aromatic rings. The minimum Gasteiger partial charge on any atom is -0.494 e. The number of nitrogens with one attached hydrogen (secondary N) is 2. The Labute approximate surface area is 164 Å². The molecular formula is C18H25ClN6O2. The van der Waals surface area contributed by atoms with E-state index in [0.29, 0.717) is 41.7 Å². The molecule has 0 spiro atoms. The van der Waals surface area contributed by atoms with Gasteiger partial charge in [-0.2, -0.15) is 4.68 Å². The van der Waals surface area contributed by atoms with Crippen LogP contribution in [0.3, 0.4) is 0 Å². The molecule has 2 N–H and O–H groups in total. The molecule has 146 valence electrons. The van der Waals surface area contributed by atoms with Crippen LogP contribution in [0.5, 0.6) is 5.75 Å². The summed E-state index contributed by atoms with van der Waals surface area (Å²) in [6.07, 6.45) is 5.26. The molecule has 4 rings (SSSR count). The molecule has 8 nitrogen and oxygen atoms in total. The largest absolute Gasteiger partial charge is 0.494 e. The maximum Gasteiger partial charge on any atom is 0.224 e. The van der Waals surface area contributed by atoms with E-state index in [4.69, 9.17) is 4.74 Å². The molecule has 9 heteroatoms. The summed E-state index contributed by atoms with van der Waals surface area (Å²) in [5.41, 5.74) is 1.42. The molecule has 27 heavy (non-hydrogen) atoms. The molecule has 0 aliphatic carbocycles. The number of benzene rings is 1. The lowest BCUT2D eigenvalue weighted by Crippen LogP contribution is -2.39. The topological polar surface area (TPSA) is 94.0 Å². The smallest absolute Gasteiger partial charge is 0.224 e. The van der Waals surface area contributed by atoms with Crippen LogP contribution in [-0.2, 0) is 4.79 Å². The number of hydrogen-bond donors (Lipinski definition) is 2. The number of tetrazole rings is 1. The van der Waals surface area contributed by atoms with Crippen molar-refractivity contribution in [1.82, 2.24) is 25.5 Å². The third kappa shape index (κ3) is 4.22. The first kappa shape index (κ1) is 19.6. The number of ether oxygens (including phenoxy) is 1. The average molecular weight is 393 g/mol. The Balaban J connectivity index is 0.00000210. The number of piperidine rings is 1. The first-order valence-electron chi connectivity index (χ1n) is 9.11. The van der Waals surface area contributed by atoms with Gasteiger partial charge in [0, 0.05) is 24.2 Å². The predicted octanol–water partition coefficient (Wildman–Crippen LogP) is 2.26. The fraction of sp³-hybridized carbons (Fsp3) is 0.556.